The maximum Gasteiger partial charge on any atom is 0.309 e. The molecule has 0 aromatic heterocycles. The van der Waals surface area contributed by atoms with Crippen LogP contribution in [0.25, 0.3) is 0 Å². The fourth-order valence-electron chi connectivity index (χ4n) is 3.32. The van der Waals surface area contributed by atoms with Crippen LogP contribution < -0.4 is 9.47 Å². The zero-order valence-electron chi connectivity index (χ0n) is 15.8. The van der Waals surface area contributed by atoms with Crippen LogP contribution in [0.15, 0.2) is 12.1 Å². The van der Waals surface area contributed by atoms with Crippen LogP contribution in [0.3, 0.4) is 0 Å². The summed E-state index contributed by atoms with van der Waals surface area (Å²) in [7, 11) is 1.63. The molecule has 1 aromatic carbocycles. The van der Waals surface area contributed by atoms with Crippen molar-refractivity contribution in [1.29, 1.82) is 0 Å². The van der Waals surface area contributed by atoms with Gasteiger partial charge in [-0.1, -0.05) is 13.3 Å². The predicted molar refractivity (Wildman–Crippen MR) is 95.5 cm³/mol. The van der Waals surface area contributed by atoms with E-state index < -0.39 is 6.29 Å². The van der Waals surface area contributed by atoms with Crippen LogP contribution in [0, 0.1) is 5.92 Å². The van der Waals surface area contributed by atoms with Crippen molar-refractivity contribution in [3.63, 3.8) is 0 Å². The van der Waals surface area contributed by atoms with Gasteiger partial charge in [-0.3, -0.25) is 4.79 Å². The van der Waals surface area contributed by atoms with Crippen LogP contribution in [-0.4, -0.2) is 39.5 Å². The van der Waals surface area contributed by atoms with Crippen molar-refractivity contribution in [3.05, 3.63) is 23.3 Å². The van der Waals surface area contributed by atoms with Crippen molar-refractivity contribution in [3.8, 4) is 11.5 Å². The number of rotatable bonds is 9. The average molecular weight is 364 g/mol. The largest absolute Gasteiger partial charge is 0.497 e. The third-order valence-corrected chi connectivity index (χ3v) is 4.78. The quantitative estimate of drug-likeness (QED) is 0.493. The van der Waals surface area contributed by atoms with Crippen LogP contribution in [0.4, 0.5) is 0 Å². The molecule has 1 aromatic rings. The average Bonchev–Trinajstić information content (AvgIpc) is 3.27. The molecular formula is C20H28O6. The molecule has 1 aliphatic heterocycles. The standard InChI is InChI=1S/C20H28O6/c1-4-6-7-24-17-11-13(22-3)10-15(18(17)20-25-8-9-26-20)14-12-16(14)19(21)23-5-2/h10-11,14,16,20H,4-9,12H2,1-3H3/t14-,16+/m1/s1. The van der Waals surface area contributed by atoms with Gasteiger partial charge in [-0.2, -0.15) is 0 Å². The lowest BCUT2D eigenvalue weighted by molar-refractivity contribution is -0.144. The lowest BCUT2D eigenvalue weighted by Crippen LogP contribution is -2.11. The second-order valence-corrected chi connectivity index (χ2v) is 6.60. The summed E-state index contributed by atoms with van der Waals surface area (Å²) in [5, 5.41) is 0. The van der Waals surface area contributed by atoms with Crippen LogP contribution >= 0.6 is 0 Å². The van der Waals surface area contributed by atoms with E-state index in [1.807, 2.05) is 19.1 Å². The van der Waals surface area contributed by atoms with Gasteiger partial charge < -0.3 is 23.7 Å². The molecule has 0 amide bonds. The number of benzene rings is 1. The van der Waals surface area contributed by atoms with Crippen molar-refractivity contribution in [2.24, 2.45) is 5.92 Å². The third kappa shape index (κ3) is 4.13. The highest BCUT2D eigenvalue weighted by atomic mass is 16.7. The number of hydrogen-bond acceptors (Lipinski definition) is 6. The fourth-order valence-corrected chi connectivity index (χ4v) is 3.32. The number of esters is 1. The highest BCUT2D eigenvalue weighted by Gasteiger charge is 2.47. The molecule has 26 heavy (non-hydrogen) atoms. The van der Waals surface area contributed by atoms with E-state index in [2.05, 4.69) is 6.92 Å². The minimum Gasteiger partial charge on any atom is -0.497 e. The molecule has 3 rings (SSSR count). The van der Waals surface area contributed by atoms with Gasteiger partial charge in [-0.25, -0.2) is 0 Å². The predicted octanol–water partition coefficient (Wildman–Crippen LogP) is 3.59. The zero-order valence-corrected chi connectivity index (χ0v) is 15.8. The first-order valence-electron chi connectivity index (χ1n) is 9.44. The summed E-state index contributed by atoms with van der Waals surface area (Å²) in [5.41, 5.74) is 1.89. The van der Waals surface area contributed by atoms with Crippen molar-refractivity contribution in [2.75, 3.05) is 33.5 Å². The molecule has 144 valence electrons. The van der Waals surface area contributed by atoms with Gasteiger partial charge in [0.2, 0.25) is 0 Å². The first kappa shape index (κ1) is 19.0. The Balaban J connectivity index is 1.92. The smallest absolute Gasteiger partial charge is 0.309 e. The van der Waals surface area contributed by atoms with E-state index >= 15 is 0 Å². The molecule has 0 radical (unpaired) electrons. The molecule has 1 saturated carbocycles. The summed E-state index contributed by atoms with van der Waals surface area (Å²) < 4.78 is 28.2. The number of unbranched alkanes of at least 4 members (excludes halogenated alkanes) is 1. The van der Waals surface area contributed by atoms with E-state index in [0.29, 0.717) is 37.9 Å². The molecule has 1 saturated heterocycles. The first-order valence-corrected chi connectivity index (χ1v) is 9.44. The molecule has 6 heteroatoms. The molecule has 1 aliphatic carbocycles. The Morgan fingerprint density at radius 3 is 2.65 bits per heavy atom. The highest BCUT2D eigenvalue weighted by molar-refractivity contribution is 5.78. The van der Waals surface area contributed by atoms with Gasteiger partial charge in [-0.05, 0) is 37.3 Å². The van der Waals surface area contributed by atoms with Crippen molar-refractivity contribution in [2.45, 2.75) is 45.3 Å². The molecule has 2 atom stereocenters. The van der Waals surface area contributed by atoms with E-state index in [4.69, 9.17) is 23.7 Å². The Hall–Kier alpha value is -1.79. The van der Waals surface area contributed by atoms with Crippen LogP contribution in [0.5, 0.6) is 11.5 Å². The fraction of sp³-hybridized carbons (Fsp3) is 0.650. The summed E-state index contributed by atoms with van der Waals surface area (Å²) >= 11 is 0. The molecule has 2 aliphatic rings. The molecule has 0 bridgehead atoms. The Morgan fingerprint density at radius 2 is 2.00 bits per heavy atom. The summed E-state index contributed by atoms with van der Waals surface area (Å²) in [6.45, 7) is 6.07. The summed E-state index contributed by atoms with van der Waals surface area (Å²) in [6.07, 6.45) is 2.32. The van der Waals surface area contributed by atoms with Gasteiger partial charge in [-0.15, -0.1) is 0 Å². The van der Waals surface area contributed by atoms with Crippen LogP contribution in [0.1, 0.15) is 56.4 Å². The Bertz CT molecular complexity index is 623. The third-order valence-electron chi connectivity index (χ3n) is 4.78. The number of ether oxygens (including phenoxy) is 5. The Labute approximate surface area is 154 Å². The van der Waals surface area contributed by atoms with Gasteiger partial charge in [0.15, 0.2) is 6.29 Å². The summed E-state index contributed by atoms with van der Waals surface area (Å²) in [5.74, 6) is 1.25. The molecular weight excluding hydrogens is 336 g/mol. The Morgan fingerprint density at radius 1 is 1.23 bits per heavy atom. The molecule has 0 N–H and O–H groups in total. The van der Waals surface area contributed by atoms with Crippen molar-refractivity contribution >= 4 is 5.97 Å². The maximum atomic E-state index is 12.1. The van der Waals surface area contributed by atoms with Crippen LogP contribution in [-0.2, 0) is 19.0 Å². The molecule has 0 spiro atoms. The second kappa shape index (κ2) is 8.73. The minimum atomic E-state index is -0.462. The lowest BCUT2D eigenvalue weighted by atomic mass is 9.99. The summed E-state index contributed by atoms with van der Waals surface area (Å²) in [6, 6.07) is 3.85. The number of methoxy groups -OCH3 is 1. The first-order chi connectivity index (χ1) is 12.7. The van der Waals surface area contributed by atoms with Gasteiger partial charge >= 0.3 is 5.97 Å². The summed E-state index contributed by atoms with van der Waals surface area (Å²) in [4.78, 5) is 12.1. The molecule has 2 fully saturated rings. The van der Waals surface area contributed by atoms with Crippen LogP contribution in [0.2, 0.25) is 0 Å². The van der Waals surface area contributed by atoms with Gasteiger partial charge in [0.05, 0.1) is 45.0 Å². The van der Waals surface area contributed by atoms with Gasteiger partial charge in [0.25, 0.3) is 0 Å². The molecule has 6 nitrogen and oxygen atoms in total. The SMILES string of the molecule is CCCCOc1cc(OC)cc([C@H]2C[C@@H]2C(=O)OCC)c1C1OCCO1. The monoisotopic (exact) mass is 364 g/mol. The van der Waals surface area contributed by atoms with Crippen molar-refractivity contribution in [1.82, 2.24) is 0 Å². The number of carbonyl (C=O) groups is 1. The van der Waals surface area contributed by atoms with E-state index in [1.54, 1.807) is 7.11 Å². The van der Waals surface area contributed by atoms with E-state index in [9.17, 15) is 4.79 Å². The van der Waals surface area contributed by atoms with E-state index in [-0.39, 0.29) is 17.8 Å². The minimum absolute atomic E-state index is 0.0838. The van der Waals surface area contributed by atoms with E-state index in [0.717, 1.165) is 30.4 Å². The van der Waals surface area contributed by atoms with E-state index in [1.165, 1.54) is 0 Å². The topological polar surface area (TPSA) is 63.2 Å². The normalized spacial score (nSPS) is 22.3. The van der Waals surface area contributed by atoms with Gasteiger partial charge in [0.1, 0.15) is 11.5 Å². The van der Waals surface area contributed by atoms with Crippen molar-refractivity contribution < 1.29 is 28.5 Å². The Kier molecular flexibility index (Phi) is 6.38. The molecule has 0 unspecified atom stereocenters. The zero-order chi connectivity index (χ0) is 18.5. The second-order valence-electron chi connectivity index (χ2n) is 6.60. The highest BCUT2D eigenvalue weighted by Crippen LogP contribution is 2.53. The van der Waals surface area contributed by atoms with Gasteiger partial charge in [0, 0.05) is 6.07 Å². The lowest BCUT2D eigenvalue weighted by Gasteiger charge is -2.21. The maximum absolute atomic E-state index is 12.1. The number of hydrogen-bond donors (Lipinski definition) is 0. The number of carbonyl (C=O) groups excluding carboxylic acids is 1. The molecule has 1 heterocycles.